The van der Waals surface area contributed by atoms with Crippen LogP contribution in [0.4, 0.5) is 39.9 Å². The smallest absolute Gasteiger partial charge is 0.135 e. The van der Waals surface area contributed by atoms with Gasteiger partial charge in [0.1, 0.15) is 5.82 Å². The number of pyridine rings is 1. The average Bonchev–Trinajstić information content (AvgIpc) is 3.59. The van der Waals surface area contributed by atoms with Crippen molar-refractivity contribution in [1.29, 1.82) is 0 Å². The third-order valence-electron chi connectivity index (χ3n) is 13.2. The molecule has 0 spiro atoms. The number of rotatable bonds is 6. The molecule has 0 fully saturated rings. The first-order chi connectivity index (χ1) is 30.2. The average molecular weight is 1040 g/mol. The third kappa shape index (κ3) is 8.09. The summed E-state index contributed by atoms with van der Waals surface area (Å²) in [7, 11) is 0. The van der Waals surface area contributed by atoms with Gasteiger partial charge in [0, 0.05) is 61.5 Å². The molecule has 2 aliphatic heterocycles. The molecule has 6 aromatic carbocycles. The molecule has 65 heavy (non-hydrogen) atoms. The zero-order chi connectivity index (χ0) is 45.6. The molecule has 0 N–H and O–H groups in total. The van der Waals surface area contributed by atoms with Crippen LogP contribution in [0.2, 0.25) is 0 Å². The van der Waals surface area contributed by atoms with E-state index in [4.69, 9.17) is 9.72 Å². The topological polar surface area (TPSA) is 31.8 Å². The zero-order valence-corrected chi connectivity index (χ0v) is 42.8. The van der Waals surface area contributed by atoms with Crippen molar-refractivity contribution in [2.24, 2.45) is 0 Å². The number of aromatic nitrogens is 1. The van der Waals surface area contributed by atoms with E-state index in [1.54, 1.807) is 0 Å². The van der Waals surface area contributed by atoms with Crippen LogP contribution < -0.4 is 19.4 Å². The normalized spacial score (nSPS) is 14.2. The number of hydrogen-bond donors (Lipinski definition) is 0. The maximum absolute atomic E-state index is 7.23. The Labute approximate surface area is 402 Å². The van der Waals surface area contributed by atoms with E-state index in [2.05, 4.69) is 234 Å². The van der Waals surface area contributed by atoms with Crippen LogP contribution in [0.25, 0.3) is 11.1 Å². The third-order valence-corrected chi connectivity index (χ3v) is 13.2. The van der Waals surface area contributed by atoms with Gasteiger partial charge in [0.05, 0.1) is 0 Å². The first-order valence-corrected chi connectivity index (χ1v) is 22.6. The number of benzene rings is 6. The van der Waals surface area contributed by atoms with Crippen molar-refractivity contribution in [2.75, 3.05) is 14.7 Å². The molecule has 7 aromatic rings. The minimum absolute atomic E-state index is 0. The first kappa shape index (κ1) is 45.9. The van der Waals surface area contributed by atoms with Crippen molar-refractivity contribution in [3.8, 4) is 22.6 Å². The monoisotopic (exact) mass is 1040 g/mol. The molecule has 0 aliphatic carbocycles. The van der Waals surface area contributed by atoms with E-state index in [0.29, 0.717) is 11.5 Å². The predicted molar refractivity (Wildman–Crippen MR) is 268 cm³/mol. The van der Waals surface area contributed by atoms with E-state index < -0.39 is 0 Å². The molecule has 5 nitrogen and oxygen atoms in total. The number of nitrogens with zero attached hydrogens (tertiary/aromatic N) is 4. The van der Waals surface area contributed by atoms with Crippen molar-refractivity contribution in [3.05, 3.63) is 184 Å². The maximum atomic E-state index is 7.23. The second-order valence-electron chi connectivity index (χ2n) is 20.7. The van der Waals surface area contributed by atoms with Gasteiger partial charge in [-0.25, -0.2) is 4.98 Å². The molecule has 0 saturated heterocycles. The van der Waals surface area contributed by atoms with Crippen molar-refractivity contribution >= 4 is 39.9 Å². The van der Waals surface area contributed by atoms with Crippen molar-refractivity contribution in [1.82, 2.24) is 4.98 Å². The molecule has 3 heterocycles. The molecule has 9 rings (SSSR count). The summed E-state index contributed by atoms with van der Waals surface area (Å²) in [6, 6.07) is 45.3. The quantitative estimate of drug-likeness (QED) is 0.155. The Morgan fingerprint density at radius 3 is 1.80 bits per heavy atom. The molecule has 0 atom stereocenters. The Kier molecular flexibility index (Phi) is 11.8. The molecule has 1 aromatic heterocycles. The number of anilines is 7. The minimum atomic E-state index is -0.293. The maximum Gasteiger partial charge on any atom is 0.135 e. The largest absolute Gasteiger partial charge is 0.509 e. The van der Waals surface area contributed by atoms with E-state index >= 15 is 0 Å². The molecule has 0 unspecified atom stereocenters. The van der Waals surface area contributed by atoms with Gasteiger partial charge in [-0.2, -0.15) is 12.1 Å². The molecule has 2 aliphatic rings. The molecular formula is C59H61N4OPt-3. The SMILES string of the molecule is Cc1cc(C)c(-c2cc(C(C)(C)C)c(Oc3[c-]c4c(cc3)C(C)(C)c3ccccc3N4c3cc(C(C)(C)C)ccn3)[c-]c2N2[CH-]N(c3c(C)cc(C)cc3C)c3ccccc32)c(C)c1.[Pt]. The minimum Gasteiger partial charge on any atom is -0.509 e. The molecule has 0 bridgehead atoms. The fourth-order valence-corrected chi connectivity index (χ4v) is 10.2. The number of fused-ring (bicyclic) bond motifs is 3. The molecule has 0 saturated carbocycles. The van der Waals surface area contributed by atoms with Crippen LogP contribution in [-0.2, 0) is 37.3 Å². The summed E-state index contributed by atoms with van der Waals surface area (Å²) in [6.07, 6.45) is 1.93. The Morgan fingerprint density at radius 1 is 0.600 bits per heavy atom. The van der Waals surface area contributed by atoms with Gasteiger partial charge >= 0.3 is 0 Å². The van der Waals surface area contributed by atoms with Gasteiger partial charge in [-0.3, -0.25) is 0 Å². The molecule has 336 valence electrons. The summed E-state index contributed by atoms with van der Waals surface area (Å²) < 4.78 is 7.23. The molecular weight excluding hydrogens is 976 g/mol. The summed E-state index contributed by atoms with van der Waals surface area (Å²) in [5.74, 6) is 2.15. The van der Waals surface area contributed by atoms with Crippen LogP contribution in [0.15, 0.2) is 109 Å². The van der Waals surface area contributed by atoms with Crippen molar-refractivity contribution < 1.29 is 25.8 Å². The van der Waals surface area contributed by atoms with Gasteiger partial charge in [-0.15, -0.1) is 41.6 Å². The van der Waals surface area contributed by atoms with E-state index in [1.807, 2.05) is 6.20 Å². The van der Waals surface area contributed by atoms with Gasteiger partial charge in [-0.1, -0.05) is 155 Å². The number of ether oxygens (including phenoxy) is 1. The summed E-state index contributed by atoms with van der Waals surface area (Å²) in [6.45, 7) is 33.6. The number of aryl methyl sites for hydroxylation is 6. The summed E-state index contributed by atoms with van der Waals surface area (Å²) in [5.41, 5.74) is 20.1. The fraction of sp³-hybridized carbons (Fsp3) is 0.288. The van der Waals surface area contributed by atoms with Gasteiger partial charge < -0.3 is 19.4 Å². The van der Waals surface area contributed by atoms with Crippen LogP contribution in [0, 0.1) is 60.3 Å². The Morgan fingerprint density at radius 2 is 1.18 bits per heavy atom. The second-order valence-corrected chi connectivity index (χ2v) is 20.7. The van der Waals surface area contributed by atoms with E-state index in [0.717, 1.165) is 50.9 Å². The van der Waals surface area contributed by atoms with Crippen molar-refractivity contribution in [3.63, 3.8) is 0 Å². The fourth-order valence-electron chi connectivity index (χ4n) is 10.2. The van der Waals surface area contributed by atoms with Crippen LogP contribution in [0.1, 0.15) is 111 Å². The number of para-hydroxylation sites is 3. The van der Waals surface area contributed by atoms with E-state index in [1.165, 1.54) is 55.8 Å². The van der Waals surface area contributed by atoms with Crippen LogP contribution in [0.3, 0.4) is 0 Å². The van der Waals surface area contributed by atoms with Gasteiger partial charge in [0.15, 0.2) is 0 Å². The summed E-state index contributed by atoms with van der Waals surface area (Å²) in [4.78, 5) is 11.9. The second kappa shape index (κ2) is 16.7. The molecule has 0 amide bonds. The Balaban J connectivity index is 0.00000576. The van der Waals surface area contributed by atoms with E-state index in [-0.39, 0.29) is 37.3 Å². The standard InChI is InChI=1S/C59H61N4O.Pt/c1-36-27-38(3)55(39(4)28-36)44-33-47(58(10,11)12)53(34-51(44)61-35-62(50-22-18-17-21-49(50)61)56-40(5)29-37(2)30-41(56)6)64-43-23-24-46-52(32-43)63(48-20-16-15-19-45(48)59(46,13)14)54-31-42(25-26-60-54)57(7,8)9;/h15-31,33,35H,1-14H3;/q-3;. The predicted octanol–water partition coefficient (Wildman–Crippen LogP) is 16.1. The molecule has 0 radical (unpaired) electrons. The Bertz CT molecular complexity index is 2940. The summed E-state index contributed by atoms with van der Waals surface area (Å²) >= 11 is 0. The number of hydrogen-bond acceptors (Lipinski definition) is 5. The van der Waals surface area contributed by atoms with Crippen molar-refractivity contribution in [2.45, 2.75) is 113 Å². The van der Waals surface area contributed by atoms with Gasteiger partial charge in [0.25, 0.3) is 0 Å². The molecule has 6 heteroatoms. The first-order valence-electron chi connectivity index (χ1n) is 22.6. The van der Waals surface area contributed by atoms with E-state index in [9.17, 15) is 0 Å². The Hall–Kier alpha value is -5.64. The zero-order valence-electron chi connectivity index (χ0n) is 40.5. The van der Waals surface area contributed by atoms with Crippen LogP contribution in [-0.4, -0.2) is 4.98 Å². The van der Waals surface area contributed by atoms with Gasteiger partial charge in [-0.05, 0) is 105 Å². The van der Waals surface area contributed by atoms with Crippen LogP contribution >= 0.6 is 0 Å². The van der Waals surface area contributed by atoms with Gasteiger partial charge in [0.2, 0.25) is 0 Å². The van der Waals surface area contributed by atoms with Crippen LogP contribution in [0.5, 0.6) is 11.5 Å². The summed E-state index contributed by atoms with van der Waals surface area (Å²) in [5, 5.41) is 0.